The zero-order valence-corrected chi connectivity index (χ0v) is 10.1. The summed E-state index contributed by atoms with van der Waals surface area (Å²) in [5.74, 6) is 0.555. The minimum absolute atomic E-state index is 0.322. The van der Waals surface area contributed by atoms with Crippen molar-refractivity contribution in [1.82, 2.24) is 4.90 Å². The number of aliphatic hydroxyl groups is 1. The second kappa shape index (κ2) is 6.35. The largest absolute Gasteiger partial charge is 0.464 e. The highest BCUT2D eigenvalue weighted by molar-refractivity contribution is 7.99. The molecule has 2 unspecified atom stereocenters. The summed E-state index contributed by atoms with van der Waals surface area (Å²) < 4.78 is 4.75. The highest BCUT2D eigenvalue weighted by atomic mass is 32.2. The lowest BCUT2D eigenvalue weighted by Gasteiger charge is -2.31. The summed E-state index contributed by atoms with van der Waals surface area (Å²) in [4.78, 5) is 13.3. The predicted octanol–water partition coefficient (Wildman–Crippen LogP) is 0.348. The molecule has 1 fully saturated rings. The molecule has 0 aromatic heterocycles. The summed E-state index contributed by atoms with van der Waals surface area (Å²) >= 11 is 1.93. The predicted molar refractivity (Wildman–Crippen MR) is 61.0 cm³/mol. The second-order valence-electron chi connectivity index (χ2n) is 3.71. The molecular formula is C10H19NO3S. The van der Waals surface area contributed by atoms with Gasteiger partial charge >= 0.3 is 5.97 Å². The summed E-state index contributed by atoms with van der Waals surface area (Å²) in [6, 6.07) is 0. The molecule has 0 aromatic rings. The zero-order valence-electron chi connectivity index (χ0n) is 9.31. The van der Waals surface area contributed by atoms with Crippen LogP contribution in [0.3, 0.4) is 0 Å². The van der Waals surface area contributed by atoms with Crippen LogP contribution in [0, 0.1) is 0 Å². The van der Waals surface area contributed by atoms with E-state index in [1.807, 2.05) is 11.8 Å². The van der Waals surface area contributed by atoms with Crippen molar-refractivity contribution in [1.29, 1.82) is 0 Å². The van der Waals surface area contributed by atoms with E-state index in [9.17, 15) is 9.90 Å². The smallest absolute Gasteiger partial charge is 0.336 e. The van der Waals surface area contributed by atoms with Gasteiger partial charge in [0, 0.05) is 30.6 Å². The Morgan fingerprint density at radius 3 is 3.07 bits per heavy atom. The van der Waals surface area contributed by atoms with Crippen LogP contribution in [0.2, 0.25) is 0 Å². The van der Waals surface area contributed by atoms with E-state index in [-0.39, 0.29) is 0 Å². The quantitative estimate of drug-likeness (QED) is 0.710. The van der Waals surface area contributed by atoms with Gasteiger partial charge in [0.2, 0.25) is 0 Å². The van der Waals surface area contributed by atoms with Gasteiger partial charge in [-0.25, -0.2) is 4.79 Å². The molecule has 15 heavy (non-hydrogen) atoms. The molecule has 1 saturated heterocycles. The van der Waals surface area contributed by atoms with Gasteiger partial charge in [0.25, 0.3) is 0 Å². The van der Waals surface area contributed by atoms with E-state index in [1.165, 1.54) is 0 Å². The fourth-order valence-corrected chi connectivity index (χ4v) is 2.70. The van der Waals surface area contributed by atoms with Crippen molar-refractivity contribution in [3.63, 3.8) is 0 Å². The van der Waals surface area contributed by atoms with Crippen molar-refractivity contribution in [2.45, 2.75) is 25.2 Å². The summed E-state index contributed by atoms with van der Waals surface area (Å²) in [6.07, 6.45) is -1.000. The highest BCUT2D eigenvalue weighted by Gasteiger charge is 2.23. The van der Waals surface area contributed by atoms with Crippen molar-refractivity contribution in [2.24, 2.45) is 0 Å². The number of ether oxygens (including phenoxy) is 1. The molecule has 0 radical (unpaired) electrons. The monoisotopic (exact) mass is 233 g/mol. The van der Waals surface area contributed by atoms with E-state index in [1.54, 1.807) is 6.92 Å². The third kappa shape index (κ3) is 4.40. The maximum Gasteiger partial charge on any atom is 0.336 e. The van der Waals surface area contributed by atoms with Gasteiger partial charge in [-0.1, -0.05) is 6.92 Å². The SMILES string of the molecule is CCOC(=O)C(O)CN1CCSC(C)C1. The molecule has 88 valence electrons. The van der Waals surface area contributed by atoms with Crippen molar-refractivity contribution in [2.75, 3.05) is 32.0 Å². The molecule has 1 rings (SSSR count). The van der Waals surface area contributed by atoms with Crippen molar-refractivity contribution in [3.8, 4) is 0 Å². The fraction of sp³-hybridized carbons (Fsp3) is 0.900. The summed E-state index contributed by atoms with van der Waals surface area (Å²) in [5.41, 5.74) is 0. The van der Waals surface area contributed by atoms with Crippen LogP contribution in [0.4, 0.5) is 0 Å². The molecule has 1 N–H and O–H groups in total. The Morgan fingerprint density at radius 2 is 2.47 bits per heavy atom. The number of nitrogens with zero attached hydrogens (tertiary/aromatic N) is 1. The van der Waals surface area contributed by atoms with Crippen LogP contribution in [-0.2, 0) is 9.53 Å². The molecule has 1 heterocycles. The first kappa shape index (κ1) is 12.8. The summed E-state index contributed by atoms with van der Waals surface area (Å²) in [6.45, 7) is 6.48. The molecule has 5 heteroatoms. The van der Waals surface area contributed by atoms with Crippen molar-refractivity contribution >= 4 is 17.7 Å². The molecule has 0 spiro atoms. The van der Waals surface area contributed by atoms with E-state index in [2.05, 4.69) is 11.8 Å². The van der Waals surface area contributed by atoms with Gasteiger partial charge in [-0.2, -0.15) is 11.8 Å². The number of thioether (sulfide) groups is 1. The first-order valence-corrected chi connectivity index (χ1v) is 6.37. The van der Waals surface area contributed by atoms with Gasteiger partial charge in [-0.3, -0.25) is 4.90 Å². The minimum Gasteiger partial charge on any atom is -0.464 e. The van der Waals surface area contributed by atoms with Crippen molar-refractivity contribution in [3.05, 3.63) is 0 Å². The Bertz CT molecular complexity index is 213. The minimum atomic E-state index is -1.000. The average Bonchev–Trinajstić information content (AvgIpc) is 2.18. The van der Waals surface area contributed by atoms with Crippen LogP contribution in [0.15, 0.2) is 0 Å². The lowest BCUT2D eigenvalue weighted by atomic mass is 10.3. The topological polar surface area (TPSA) is 49.8 Å². The molecule has 0 amide bonds. The number of β-amino-alcohol motifs (C(OH)–C–C–N with tert-alkyl or cyclic N) is 1. The highest BCUT2D eigenvalue weighted by Crippen LogP contribution is 2.17. The van der Waals surface area contributed by atoms with Gasteiger partial charge < -0.3 is 9.84 Å². The second-order valence-corrected chi connectivity index (χ2v) is 5.26. The van der Waals surface area contributed by atoms with Crippen molar-refractivity contribution < 1.29 is 14.6 Å². The number of rotatable bonds is 4. The molecule has 0 aromatic carbocycles. The van der Waals surface area contributed by atoms with Crippen LogP contribution in [0.5, 0.6) is 0 Å². The normalized spacial score (nSPS) is 24.9. The lowest BCUT2D eigenvalue weighted by Crippen LogP contribution is -2.43. The van der Waals surface area contributed by atoms with Gasteiger partial charge in [0.15, 0.2) is 6.10 Å². The first-order valence-electron chi connectivity index (χ1n) is 5.32. The summed E-state index contributed by atoms with van der Waals surface area (Å²) in [7, 11) is 0. The molecule has 1 aliphatic heterocycles. The van der Waals surface area contributed by atoms with E-state index in [0.29, 0.717) is 18.4 Å². The molecular weight excluding hydrogens is 214 g/mol. The Labute approximate surface area is 95.0 Å². The third-order valence-electron chi connectivity index (χ3n) is 2.32. The maximum atomic E-state index is 11.2. The molecule has 0 saturated carbocycles. The van der Waals surface area contributed by atoms with Gasteiger partial charge in [-0.15, -0.1) is 0 Å². The molecule has 1 aliphatic rings. The number of hydrogen-bond acceptors (Lipinski definition) is 5. The molecule has 2 atom stereocenters. The fourth-order valence-electron chi connectivity index (χ4n) is 1.61. The lowest BCUT2D eigenvalue weighted by molar-refractivity contribution is -0.153. The third-order valence-corrected chi connectivity index (χ3v) is 3.45. The Hall–Kier alpha value is -0.260. The average molecular weight is 233 g/mol. The van der Waals surface area contributed by atoms with Gasteiger partial charge in [0.05, 0.1) is 6.61 Å². The number of carbonyl (C=O) groups is 1. The number of hydrogen-bond donors (Lipinski definition) is 1. The van der Waals surface area contributed by atoms with E-state index in [4.69, 9.17) is 4.74 Å². The van der Waals surface area contributed by atoms with E-state index >= 15 is 0 Å². The number of aliphatic hydroxyl groups excluding tert-OH is 1. The van der Waals surface area contributed by atoms with Gasteiger partial charge in [0.1, 0.15) is 0 Å². The molecule has 0 aliphatic carbocycles. The Kier molecular flexibility index (Phi) is 5.42. The number of esters is 1. The van der Waals surface area contributed by atoms with Crippen LogP contribution in [0.1, 0.15) is 13.8 Å². The molecule has 4 nitrogen and oxygen atoms in total. The van der Waals surface area contributed by atoms with Crippen LogP contribution < -0.4 is 0 Å². The van der Waals surface area contributed by atoms with Crippen LogP contribution >= 0.6 is 11.8 Å². The standard InChI is InChI=1S/C10H19NO3S/c1-3-14-10(13)9(12)7-11-4-5-15-8(2)6-11/h8-9,12H,3-7H2,1-2H3. The zero-order chi connectivity index (χ0) is 11.3. The van der Waals surface area contributed by atoms with E-state index < -0.39 is 12.1 Å². The molecule has 0 bridgehead atoms. The van der Waals surface area contributed by atoms with Crippen LogP contribution in [-0.4, -0.2) is 59.3 Å². The van der Waals surface area contributed by atoms with E-state index in [0.717, 1.165) is 18.8 Å². The Morgan fingerprint density at radius 1 is 1.73 bits per heavy atom. The Balaban J connectivity index is 2.30. The maximum absolute atomic E-state index is 11.2. The first-order chi connectivity index (χ1) is 7.13. The summed E-state index contributed by atoms with van der Waals surface area (Å²) in [5, 5.41) is 10.1. The number of carbonyl (C=O) groups excluding carboxylic acids is 1. The van der Waals surface area contributed by atoms with Crippen LogP contribution in [0.25, 0.3) is 0 Å². The van der Waals surface area contributed by atoms with Gasteiger partial charge in [-0.05, 0) is 6.92 Å².